The van der Waals surface area contributed by atoms with Gasteiger partial charge in [0.15, 0.2) is 0 Å². The van der Waals surface area contributed by atoms with Gasteiger partial charge < -0.3 is 9.64 Å². The minimum atomic E-state index is -0.393. The number of hydrogen-bond donors (Lipinski definition) is 0. The van der Waals surface area contributed by atoms with Crippen molar-refractivity contribution in [1.29, 1.82) is 0 Å². The Kier molecular flexibility index (Phi) is 4.43. The zero-order chi connectivity index (χ0) is 13.1. The van der Waals surface area contributed by atoms with Crippen LogP contribution < -0.4 is 0 Å². The highest BCUT2D eigenvalue weighted by Gasteiger charge is 2.21. The van der Waals surface area contributed by atoms with Crippen LogP contribution in [0, 0.1) is 0 Å². The van der Waals surface area contributed by atoms with E-state index in [0.29, 0.717) is 5.56 Å². The number of likely N-dealkylation sites (tertiary alicyclic amines) is 1. The van der Waals surface area contributed by atoms with Gasteiger partial charge in [0.05, 0.1) is 10.6 Å². The summed E-state index contributed by atoms with van der Waals surface area (Å²) in [6, 6.07) is 1.48. The highest BCUT2D eigenvalue weighted by Crippen LogP contribution is 2.21. The zero-order valence-corrected chi connectivity index (χ0v) is 11.5. The molecule has 18 heavy (non-hydrogen) atoms. The van der Waals surface area contributed by atoms with Crippen LogP contribution in [0.1, 0.15) is 23.2 Å². The van der Waals surface area contributed by atoms with Gasteiger partial charge in [0, 0.05) is 19.3 Å². The highest BCUT2D eigenvalue weighted by molar-refractivity contribution is 6.41. The van der Waals surface area contributed by atoms with E-state index in [-0.39, 0.29) is 16.3 Å². The lowest BCUT2D eigenvalue weighted by Gasteiger charge is -2.28. The quantitative estimate of drug-likeness (QED) is 0.620. The smallest absolute Gasteiger partial charge is 0.340 e. The minimum absolute atomic E-state index is 0.0249. The Hall–Kier alpha value is -0.840. The molecule has 1 aromatic heterocycles. The van der Waals surface area contributed by atoms with E-state index in [1.54, 1.807) is 0 Å². The Morgan fingerprint density at radius 3 is 2.72 bits per heavy atom. The number of esters is 1. The summed E-state index contributed by atoms with van der Waals surface area (Å²) in [6.07, 6.45) is 3.07. The summed E-state index contributed by atoms with van der Waals surface area (Å²) in [6.45, 7) is 1.88. The Morgan fingerprint density at radius 2 is 2.11 bits per heavy atom. The summed E-state index contributed by atoms with van der Waals surface area (Å²) in [5, 5.41) is 0.446. The molecule has 0 radical (unpaired) electrons. The van der Waals surface area contributed by atoms with Gasteiger partial charge in [-0.15, -0.1) is 0 Å². The molecule has 4 nitrogen and oxygen atoms in total. The molecule has 1 saturated heterocycles. The van der Waals surface area contributed by atoms with Gasteiger partial charge in [0.25, 0.3) is 0 Å². The molecule has 0 amide bonds. The van der Waals surface area contributed by atoms with Crippen molar-refractivity contribution in [2.45, 2.75) is 18.9 Å². The maximum absolute atomic E-state index is 11.9. The van der Waals surface area contributed by atoms with Crippen LogP contribution in [0.25, 0.3) is 0 Å². The van der Waals surface area contributed by atoms with Crippen molar-refractivity contribution < 1.29 is 9.53 Å². The van der Waals surface area contributed by atoms with E-state index in [9.17, 15) is 4.79 Å². The second-order valence-corrected chi connectivity index (χ2v) is 5.17. The summed E-state index contributed by atoms with van der Waals surface area (Å²) >= 11 is 11.5. The summed E-state index contributed by atoms with van der Waals surface area (Å²) in [5.74, 6) is -0.393. The van der Waals surface area contributed by atoms with Crippen LogP contribution in [0.3, 0.4) is 0 Å². The first-order chi connectivity index (χ1) is 8.56. The summed E-state index contributed by atoms with van der Waals surface area (Å²) in [4.78, 5) is 17.9. The molecule has 1 aromatic rings. The lowest BCUT2D eigenvalue weighted by molar-refractivity contribution is 0.0139. The van der Waals surface area contributed by atoms with Gasteiger partial charge in [-0.05, 0) is 26.0 Å². The number of ether oxygens (including phenoxy) is 1. The molecule has 0 aliphatic carbocycles. The Labute approximate surface area is 116 Å². The molecular weight excluding hydrogens is 275 g/mol. The average molecular weight is 289 g/mol. The molecule has 0 unspecified atom stereocenters. The lowest BCUT2D eigenvalue weighted by Crippen LogP contribution is -2.35. The molecule has 0 bridgehead atoms. The first kappa shape index (κ1) is 13.6. The highest BCUT2D eigenvalue weighted by atomic mass is 35.5. The van der Waals surface area contributed by atoms with Crippen molar-refractivity contribution in [2.75, 3.05) is 20.1 Å². The summed E-state index contributed by atoms with van der Waals surface area (Å²) < 4.78 is 5.41. The predicted octanol–water partition coefficient (Wildman–Crippen LogP) is 2.64. The van der Waals surface area contributed by atoms with Crippen LogP contribution in [-0.4, -0.2) is 42.1 Å². The Morgan fingerprint density at radius 1 is 1.44 bits per heavy atom. The van der Waals surface area contributed by atoms with E-state index < -0.39 is 5.97 Å². The third-order valence-corrected chi connectivity index (χ3v) is 3.66. The number of halogens is 2. The van der Waals surface area contributed by atoms with E-state index in [0.717, 1.165) is 25.9 Å². The summed E-state index contributed by atoms with van der Waals surface area (Å²) in [5.41, 5.74) is 0.336. The van der Waals surface area contributed by atoms with Gasteiger partial charge in [0.1, 0.15) is 11.3 Å². The largest absolute Gasteiger partial charge is 0.459 e. The van der Waals surface area contributed by atoms with Crippen LogP contribution >= 0.6 is 23.2 Å². The van der Waals surface area contributed by atoms with Gasteiger partial charge in [-0.3, -0.25) is 0 Å². The first-order valence-electron chi connectivity index (χ1n) is 5.77. The van der Waals surface area contributed by atoms with Crippen molar-refractivity contribution in [2.24, 2.45) is 0 Å². The normalized spacial score (nSPS) is 17.7. The zero-order valence-electron chi connectivity index (χ0n) is 10.0. The minimum Gasteiger partial charge on any atom is -0.459 e. The van der Waals surface area contributed by atoms with E-state index >= 15 is 0 Å². The molecule has 2 rings (SSSR count). The van der Waals surface area contributed by atoms with Crippen molar-refractivity contribution in [3.63, 3.8) is 0 Å². The van der Waals surface area contributed by atoms with Crippen LogP contribution in [0.2, 0.25) is 10.2 Å². The fourth-order valence-electron chi connectivity index (χ4n) is 1.86. The topological polar surface area (TPSA) is 42.4 Å². The van der Waals surface area contributed by atoms with Crippen molar-refractivity contribution in [1.82, 2.24) is 9.88 Å². The molecule has 0 saturated carbocycles. The number of carbonyl (C=O) groups is 1. The number of rotatable bonds is 2. The second kappa shape index (κ2) is 5.87. The number of aromatic nitrogens is 1. The SMILES string of the molecule is CN1CCC(OC(=O)c2cnc(Cl)c(Cl)c2)CC1. The monoisotopic (exact) mass is 288 g/mol. The molecule has 0 spiro atoms. The predicted molar refractivity (Wildman–Crippen MR) is 70.2 cm³/mol. The number of hydrogen-bond acceptors (Lipinski definition) is 4. The molecule has 1 aliphatic rings. The third-order valence-electron chi connectivity index (χ3n) is 2.97. The maximum Gasteiger partial charge on any atom is 0.340 e. The summed E-state index contributed by atoms with van der Waals surface area (Å²) in [7, 11) is 2.06. The molecule has 1 aliphatic heterocycles. The van der Waals surface area contributed by atoms with Crippen LogP contribution in [0.4, 0.5) is 0 Å². The van der Waals surface area contributed by atoms with Gasteiger partial charge in [0.2, 0.25) is 0 Å². The third kappa shape index (κ3) is 3.34. The van der Waals surface area contributed by atoms with Crippen molar-refractivity contribution >= 4 is 29.2 Å². The van der Waals surface area contributed by atoms with Crippen molar-refractivity contribution in [3.05, 3.63) is 28.0 Å². The van der Waals surface area contributed by atoms with E-state index in [1.165, 1.54) is 12.3 Å². The molecule has 6 heteroatoms. The maximum atomic E-state index is 11.9. The van der Waals surface area contributed by atoms with Crippen LogP contribution in [0.5, 0.6) is 0 Å². The van der Waals surface area contributed by atoms with Gasteiger partial charge in [-0.25, -0.2) is 9.78 Å². The molecular formula is C12H14Cl2N2O2. The van der Waals surface area contributed by atoms with E-state index in [2.05, 4.69) is 16.9 Å². The van der Waals surface area contributed by atoms with Gasteiger partial charge in [-0.2, -0.15) is 0 Å². The fourth-order valence-corrected chi connectivity index (χ4v) is 2.12. The fraction of sp³-hybridized carbons (Fsp3) is 0.500. The number of carbonyl (C=O) groups excluding carboxylic acids is 1. The Balaban J connectivity index is 1.97. The van der Waals surface area contributed by atoms with Crippen LogP contribution in [0.15, 0.2) is 12.3 Å². The van der Waals surface area contributed by atoms with Crippen LogP contribution in [-0.2, 0) is 4.74 Å². The molecule has 0 atom stereocenters. The number of piperidine rings is 1. The molecule has 98 valence electrons. The Bertz CT molecular complexity index is 446. The number of nitrogens with zero attached hydrogens (tertiary/aromatic N) is 2. The van der Waals surface area contributed by atoms with E-state index in [1.807, 2.05) is 0 Å². The second-order valence-electron chi connectivity index (χ2n) is 4.40. The molecule has 0 N–H and O–H groups in total. The first-order valence-corrected chi connectivity index (χ1v) is 6.52. The van der Waals surface area contributed by atoms with Crippen molar-refractivity contribution in [3.8, 4) is 0 Å². The molecule has 0 aromatic carbocycles. The standard InChI is InChI=1S/C12H14Cl2N2O2/c1-16-4-2-9(3-5-16)18-12(17)8-6-10(13)11(14)15-7-8/h6-7,9H,2-5H2,1H3. The lowest BCUT2D eigenvalue weighted by atomic mass is 10.1. The number of pyridine rings is 1. The molecule has 2 heterocycles. The molecule has 1 fully saturated rings. The average Bonchev–Trinajstić information content (AvgIpc) is 2.35. The van der Waals surface area contributed by atoms with Gasteiger partial charge in [-0.1, -0.05) is 23.2 Å². The van der Waals surface area contributed by atoms with Gasteiger partial charge >= 0.3 is 5.97 Å². The van der Waals surface area contributed by atoms with E-state index in [4.69, 9.17) is 27.9 Å².